The smallest absolute Gasteiger partial charge is 0.143 e. The van der Waals surface area contributed by atoms with E-state index < -0.39 is 5.82 Å². The standard InChI is InChI=1S/C14H14ClFO2/c15-14-8(2-1-3-11(14)16)6-12(17)10-7-9-4-5-13(10)18-9/h1-3,9-10,13H,4-7H2. The third-order valence-electron chi connectivity index (χ3n) is 3.92. The van der Waals surface area contributed by atoms with Crippen LogP contribution in [0.3, 0.4) is 0 Å². The Hall–Kier alpha value is -0.930. The molecule has 0 radical (unpaired) electrons. The zero-order valence-electron chi connectivity index (χ0n) is 9.86. The van der Waals surface area contributed by atoms with E-state index in [1.165, 1.54) is 6.07 Å². The number of fused-ring (bicyclic) bond motifs is 2. The first-order valence-electron chi connectivity index (χ1n) is 6.26. The van der Waals surface area contributed by atoms with E-state index in [1.807, 2.05) is 0 Å². The molecule has 18 heavy (non-hydrogen) atoms. The molecule has 2 fully saturated rings. The molecule has 1 aromatic rings. The Morgan fingerprint density at radius 1 is 1.44 bits per heavy atom. The highest BCUT2D eigenvalue weighted by Gasteiger charge is 2.43. The Labute approximate surface area is 110 Å². The average molecular weight is 269 g/mol. The second kappa shape index (κ2) is 4.63. The molecule has 2 heterocycles. The van der Waals surface area contributed by atoms with Crippen LogP contribution in [0.25, 0.3) is 0 Å². The summed E-state index contributed by atoms with van der Waals surface area (Å²) in [4.78, 5) is 12.2. The van der Waals surface area contributed by atoms with Crippen molar-refractivity contribution in [1.82, 2.24) is 0 Å². The van der Waals surface area contributed by atoms with Crippen LogP contribution in [0, 0.1) is 11.7 Å². The first-order valence-corrected chi connectivity index (χ1v) is 6.64. The van der Waals surface area contributed by atoms with Gasteiger partial charge in [0.05, 0.1) is 17.2 Å². The van der Waals surface area contributed by atoms with Crippen LogP contribution in [0.2, 0.25) is 5.02 Å². The summed E-state index contributed by atoms with van der Waals surface area (Å²) >= 11 is 5.86. The van der Waals surface area contributed by atoms with Gasteiger partial charge in [0.15, 0.2) is 0 Å². The lowest BCUT2D eigenvalue weighted by Gasteiger charge is -2.17. The topological polar surface area (TPSA) is 26.3 Å². The molecule has 2 bridgehead atoms. The monoisotopic (exact) mass is 268 g/mol. The van der Waals surface area contributed by atoms with Crippen LogP contribution in [0.5, 0.6) is 0 Å². The van der Waals surface area contributed by atoms with E-state index in [-0.39, 0.29) is 35.4 Å². The number of ether oxygens (including phenoxy) is 1. The van der Waals surface area contributed by atoms with Crippen LogP contribution in [0.1, 0.15) is 24.8 Å². The van der Waals surface area contributed by atoms with Crippen LogP contribution in [-0.4, -0.2) is 18.0 Å². The SMILES string of the molecule is O=C(Cc1cccc(F)c1Cl)C1CC2CCC1O2. The van der Waals surface area contributed by atoms with Crippen molar-refractivity contribution < 1.29 is 13.9 Å². The fourth-order valence-corrected chi connectivity index (χ4v) is 3.17. The lowest BCUT2D eigenvalue weighted by Crippen LogP contribution is -2.26. The second-order valence-electron chi connectivity index (χ2n) is 5.07. The molecule has 2 nitrogen and oxygen atoms in total. The third kappa shape index (κ3) is 2.06. The molecule has 4 heteroatoms. The molecular weight excluding hydrogens is 255 g/mol. The van der Waals surface area contributed by atoms with Gasteiger partial charge in [0.1, 0.15) is 11.6 Å². The number of halogens is 2. The number of carbonyl (C=O) groups excluding carboxylic acids is 1. The molecule has 0 aliphatic carbocycles. The Bertz CT molecular complexity index is 489. The number of hydrogen-bond donors (Lipinski definition) is 0. The molecular formula is C14H14ClFO2. The van der Waals surface area contributed by atoms with E-state index in [2.05, 4.69) is 0 Å². The molecule has 3 atom stereocenters. The van der Waals surface area contributed by atoms with E-state index in [4.69, 9.17) is 16.3 Å². The first-order chi connectivity index (χ1) is 8.65. The van der Waals surface area contributed by atoms with Gasteiger partial charge >= 0.3 is 0 Å². The Kier molecular flexibility index (Phi) is 3.12. The summed E-state index contributed by atoms with van der Waals surface area (Å²) in [5, 5.41) is 0.0647. The fourth-order valence-electron chi connectivity index (χ4n) is 2.98. The fraction of sp³-hybridized carbons (Fsp3) is 0.500. The van der Waals surface area contributed by atoms with Crippen LogP contribution < -0.4 is 0 Å². The van der Waals surface area contributed by atoms with Gasteiger partial charge in [0.25, 0.3) is 0 Å². The maximum Gasteiger partial charge on any atom is 0.143 e. The summed E-state index contributed by atoms with van der Waals surface area (Å²) in [5.41, 5.74) is 0.574. The van der Waals surface area contributed by atoms with E-state index in [0.29, 0.717) is 5.56 Å². The van der Waals surface area contributed by atoms with Gasteiger partial charge in [-0.1, -0.05) is 23.7 Å². The third-order valence-corrected chi connectivity index (χ3v) is 4.34. The Balaban J connectivity index is 1.73. The van der Waals surface area contributed by atoms with Gasteiger partial charge in [0, 0.05) is 12.3 Å². The molecule has 1 aromatic carbocycles. The highest BCUT2D eigenvalue weighted by molar-refractivity contribution is 6.31. The van der Waals surface area contributed by atoms with Crippen LogP contribution in [-0.2, 0) is 16.0 Å². The van der Waals surface area contributed by atoms with E-state index in [0.717, 1.165) is 19.3 Å². The molecule has 3 unspecified atom stereocenters. The second-order valence-corrected chi connectivity index (χ2v) is 5.45. The van der Waals surface area contributed by atoms with Crippen molar-refractivity contribution in [3.05, 3.63) is 34.6 Å². The number of ketones is 1. The summed E-state index contributed by atoms with van der Waals surface area (Å²) in [6, 6.07) is 4.59. The van der Waals surface area contributed by atoms with Crippen molar-refractivity contribution in [3.63, 3.8) is 0 Å². The summed E-state index contributed by atoms with van der Waals surface area (Å²) in [5.74, 6) is -0.371. The lowest BCUT2D eigenvalue weighted by atomic mass is 9.84. The molecule has 0 spiro atoms. The van der Waals surface area contributed by atoms with E-state index in [9.17, 15) is 9.18 Å². The zero-order chi connectivity index (χ0) is 12.7. The highest BCUT2D eigenvalue weighted by Crippen LogP contribution is 2.39. The van der Waals surface area contributed by atoms with Crippen molar-refractivity contribution in [1.29, 1.82) is 0 Å². The molecule has 3 rings (SSSR count). The number of hydrogen-bond acceptors (Lipinski definition) is 2. The molecule has 0 aromatic heterocycles. The Morgan fingerprint density at radius 3 is 2.94 bits per heavy atom. The van der Waals surface area contributed by atoms with Crippen molar-refractivity contribution in [2.75, 3.05) is 0 Å². The van der Waals surface area contributed by atoms with Gasteiger partial charge in [-0.2, -0.15) is 0 Å². The van der Waals surface area contributed by atoms with Gasteiger partial charge in [-0.3, -0.25) is 4.79 Å². The Morgan fingerprint density at radius 2 is 2.28 bits per heavy atom. The molecule has 0 N–H and O–H groups in total. The van der Waals surface area contributed by atoms with Crippen LogP contribution in [0.4, 0.5) is 4.39 Å². The van der Waals surface area contributed by atoms with Gasteiger partial charge in [-0.05, 0) is 30.9 Å². The predicted molar refractivity (Wildman–Crippen MR) is 66.1 cm³/mol. The van der Waals surface area contributed by atoms with Gasteiger partial charge in [0.2, 0.25) is 0 Å². The van der Waals surface area contributed by atoms with E-state index in [1.54, 1.807) is 12.1 Å². The normalized spacial score (nSPS) is 29.8. The average Bonchev–Trinajstić information content (AvgIpc) is 2.97. The molecule has 96 valence electrons. The number of carbonyl (C=O) groups is 1. The largest absolute Gasteiger partial charge is 0.374 e. The summed E-state index contributed by atoms with van der Waals surface area (Å²) in [6.07, 6.45) is 3.39. The van der Waals surface area contributed by atoms with E-state index >= 15 is 0 Å². The van der Waals surface area contributed by atoms with Crippen molar-refractivity contribution >= 4 is 17.4 Å². The van der Waals surface area contributed by atoms with Crippen molar-refractivity contribution in [2.24, 2.45) is 5.92 Å². The molecule has 2 aliphatic heterocycles. The highest BCUT2D eigenvalue weighted by atomic mass is 35.5. The van der Waals surface area contributed by atoms with Crippen molar-refractivity contribution in [2.45, 2.75) is 37.9 Å². The lowest BCUT2D eigenvalue weighted by molar-refractivity contribution is -0.123. The van der Waals surface area contributed by atoms with Gasteiger partial charge < -0.3 is 4.74 Å². The predicted octanol–water partition coefficient (Wildman–Crippen LogP) is 3.16. The van der Waals surface area contributed by atoms with Gasteiger partial charge in [-0.15, -0.1) is 0 Å². The zero-order valence-corrected chi connectivity index (χ0v) is 10.6. The summed E-state index contributed by atoms with van der Waals surface area (Å²) < 4.78 is 19.0. The quantitative estimate of drug-likeness (QED) is 0.842. The minimum atomic E-state index is -0.467. The number of rotatable bonds is 3. The molecule has 0 amide bonds. The molecule has 2 saturated heterocycles. The molecule has 2 aliphatic rings. The molecule has 0 saturated carbocycles. The number of benzene rings is 1. The van der Waals surface area contributed by atoms with Crippen LogP contribution in [0.15, 0.2) is 18.2 Å². The van der Waals surface area contributed by atoms with Crippen molar-refractivity contribution in [3.8, 4) is 0 Å². The van der Waals surface area contributed by atoms with Gasteiger partial charge in [-0.25, -0.2) is 4.39 Å². The minimum absolute atomic E-state index is 0.0249. The summed E-state index contributed by atoms with van der Waals surface area (Å²) in [6.45, 7) is 0. The van der Waals surface area contributed by atoms with Crippen LogP contribution >= 0.6 is 11.6 Å². The first kappa shape index (κ1) is 12.1. The number of Topliss-reactive ketones (excluding diaryl/α,β-unsaturated/α-hetero) is 1. The maximum absolute atomic E-state index is 13.3. The maximum atomic E-state index is 13.3. The summed E-state index contributed by atoms with van der Waals surface area (Å²) in [7, 11) is 0. The minimum Gasteiger partial charge on any atom is -0.374 e.